The smallest absolute Gasteiger partial charge is 0.222 e. The molecule has 0 saturated carbocycles. The van der Waals surface area contributed by atoms with Crippen molar-refractivity contribution in [2.75, 3.05) is 13.6 Å². The van der Waals surface area contributed by atoms with E-state index < -0.39 is 11.7 Å². The van der Waals surface area contributed by atoms with Crippen molar-refractivity contribution in [1.29, 1.82) is 0 Å². The third kappa shape index (κ3) is 6.86. The van der Waals surface area contributed by atoms with Gasteiger partial charge in [-0.05, 0) is 27.2 Å². The Morgan fingerprint density at radius 3 is 2.36 bits per heavy atom. The molecule has 1 atom stereocenters. The minimum atomic E-state index is -0.866. The molecule has 0 spiro atoms. The summed E-state index contributed by atoms with van der Waals surface area (Å²) in [5, 5.41) is 18.5. The van der Waals surface area contributed by atoms with E-state index >= 15 is 0 Å². The first-order valence-electron chi connectivity index (χ1n) is 4.87. The van der Waals surface area contributed by atoms with Gasteiger partial charge in [0.15, 0.2) is 0 Å². The standard InChI is InChI=1S/C10H21NO3/c1-8(12)5-6-9(13)11(4)7-10(2,3)14/h8,12,14H,5-7H2,1-4H3. The van der Waals surface area contributed by atoms with E-state index in [1.54, 1.807) is 27.8 Å². The van der Waals surface area contributed by atoms with E-state index in [0.717, 1.165) is 0 Å². The van der Waals surface area contributed by atoms with E-state index in [9.17, 15) is 9.90 Å². The van der Waals surface area contributed by atoms with Crippen LogP contribution in [0.2, 0.25) is 0 Å². The van der Waals surface area contributed by atoms with Crippen LogP contribution >= 0.6 is 0 Å². The van der Waals surface area contributed by atoms with Crippen LogP contribution in [-0.4, -0.2) is 46.3 Å². The lowest BCUT2D eigenvalue weighted by molar-refractivity contribution is -0.133. The number of aliphatic hydroxyl groups excluding tert-OH is 1. The van der Waals surface area contributed by atoms with Crippen molar-refractivity contribution < 1.29 is 15.0 Å². The lowest BCUT2D eigenvalue weighted by Gasteiger charge is -2.25. The van der Waals surface area contributed by atoms with Gasteiger partial charge in [-0.2, -0.15) is 0 Å². The van der Waals surface area contributed by atoms with Crippen molar-refractivity contribution in [3.63, 3.8) is 0 Å². The number of carbonyl (C=O) groups is 1. The van der Waals surface area contributed by atoms with E-state index in [1.807, 2.05) is 0 Å². The summed E-state index contributed by atoms with van der Waals surface area (Å²) in [4.78, 5) is 12.9. The fourth-order valence-corrected chi connectivity index (χ4v) is 1.19. The number of likely N-dealkylation sites (N-methyl/N-ethyl adjacent to an activating group) is 1. The maximum atomic E-state index is 11.4. The summed E-state index contributed by atoms with van der Waals surface area (Å²) in [6, 6.07) is 0. The monoisotopic (exact) mass is 203 g/mol. The lowest BCUT2D eigenvalue weighted by atomic mass is 10.1. The predicted octanol–water partition coefficient (Wildman–Crippen LogP) is 0.377. The average Bonchev–Trinajstić information content (AvgIpc) is 1.96. The number of nitrogens with zero attached hydrogens (tertiary/aromatic N) is 1. The molecule has 0 bridgehead atoms. The molecule has 0 heterocycles. The van der Waals surface area contributed by atoms with Crippen LogP contribution in [0.25, 0.3) is 0 Å². The van der Waals surface area contributed by atoms with E-state index in [2.05, 4.69) is 0 Å². The fourth-order valence-electron chi connectivity index (χ4n) is 1.19. The molecule has 4 nitrogen and oxygen atoms in total. The van der Waals surface area contributed by atoms with Crippen LogP contribution in [0.1, 0.15) is 33.6 Å². The molecule has 0 aromatic carbocycles. The van der Waals surface area contributed by atoms with Gasteiger partial charge in [-0.1, -0.05) is 0 Å². The van der Waals surface area contributed by atoms with Gasteiger partial charge >= 0.3 is 0 Å². The molecule has 0 aromatic heterocycles. The first-order valence-corrected chi connectivity index (χ1v) is 4.87. The highest BCUT2D eigenvalue weighted by atomic mass is 16.3. The largest absolute Gasteiger partial charge is 0.393 e. The second-order valence-electron chi connectivity index (χ2n) is 4.45. The van der Waals surface area contributed by atoms with Crippen molar-refractivity contribution in [2.24, 2.45) is 0 Å². The Balaban J connectivity index is 3.88. The van der Waals surface area contributed by atoms with Gasteiger partial charge in [-0.25, -0.2) is 0 Å². The molecule has 84 valence electrons. The van der Waals surface area contributed by atoms with Crippen LogP contribution in [0.5, 0.6) is 0 Å². The van der Waals surface area contributed by atoms with E-state index in [1.165, 1.54) is 4.90 Å². The molecular weight excluding hydrogens is 182 g/mol. The first-order chi connectivity index (χ1) is 6.22. The van der Waals surface area contributed by atoms with Crippen molar-refractivity contribution >= 4 is 5.91 Å². The zero-order valence-corrected chi connectivity index (χ0v) is 9.45. The number of amides is 1. The zero-order chi connectivity index (χ0) is 11.4. The topological polar surface area (TPSA) is 60.8 Å². The molecule has 0 radical (unpaired) electrons. The van der Waals surface area contributed by atoms with Crippen LogP contribution in [-0.2, 0) is 4.79 Å². The van der Waals surface area contributed by atoms with Gasteiger partial charge < -0.3 is 15.1 Å². The summed E-state index contributed by atoms with van der Waals surface area (Å²) >= 11 is 0. The van der Waals surface area contributed by atoms with Gasteiger partial charge in [0.2, 0.25) is 5.91 Å². The molecule has 0 rings (SSSR count). The van der Waals surface area contributed by atoms with Gasteiger partial charge in [0.05, 0.1) is 11.7 Å². The second kappa shape index (κ2) is 5.32. The summed E-state index contributed by atoms with van der Waals surface area (Å²) in [5.41, 5.74) is -0.866. The summed E-state index contributed by atoms with van der Waals surface area (Å²) in [7, 11) is 1.66. The molecule has 0 aromatic rings. The van der Waals surface area contributed by atoms with Gasteiger partial charge in [-0.3, -0.25) is 4.79 Å². The summed E-state index contributed by atoms with van der Waals surface area (Å²) in [5.74, 6) is -0.0481. The Kier molecular flexibility index (Phi) is 5.08. The molecule has 1 unspecified atom stereocenters. The van der Waals surface area contributed by atoms with Crippen LogP contribution in [0.3, 0.4) is 0 Å². The number of hydrogen-bond donors (Lipinski definition) is 2. The minimum absolute atomic E-state index is 0.0481. The number of carbonyl (C=O) groups excluding carboxylic acids is 1. The van der Waals surface area contributed by atoms with Crippen LogP contribution in [0, 0.1) is 0 Å². The van der Waals surface area contributed by atoms with Crippen molar-refractivity contribution in [3.8, 4) is 0 Å². The Hall–Kier alpha value is -0.610. The van der Waals surface area contributed by atoms with Crippen LogP contribution in [0.4, 0.5) is 0 Å². The SMILES string of the molecule is CC(O)CCC(=O)N(C)CC(C)(C)O. The molecule has 2 N–H and O–H groups in total. The Morgan fingerprint density at radius 1 is 1.50 bits per heavy atom. The quantitative estimate of drug-likeness (QED) is 0.679. The summed E-state index contributed by atoms with van der Waals surface area (Å²) < 4.78 is 0. The van der Waals surface area contributed by atoms with E-state index in [-0.39, 0.29) is 5.91 Å². The summed E-state index contributed by atoms with van der Waals surface area (Å²) in [6.45, 7) is 5.28. The number of rotatable bonds is 5. The third-order valence-electron chi connectivity index (χ3n) is 1.83. The van der Waals surface area contributed by atoms with Crippen molar-refractivity contribution in [2.45, 2.75) is 45.3 Å². The Labute approximate surface area is 85.5 Å². The van der Waals surface area contributed by atoms with Gasteiger partial charge in [0, 0.05) is 20.0 Å². The normalized spacial score (nSPS) is 13.9. The van der Waals surface area contributed by atoms with Crippen LogP contribution < -0.4 is 0 Å². The second-order valence-corrected chi connectivity index (χ2v) is 4.45. The third-order valence-corrected chi connectivity index (χ3v) is 1.83. The molecular formula is C10H21NO3. The maximum Gasteiger partial charge on any atom is 0.222 e. The minimum Gasteiger partial charge on any atom is -0.393 e. The van der Waals surface area contributed by atoms with Gasteiger partial charge in [-0.15, -0.1) is 0 Å². The van der Waals surface area contributed by atoms with E-state index in [0.29, 0.717) is 19.4 Å². The molecule has 4 heteroatoms. The molecule has 0 fully saturated rings. The van der Waals surface area contributed by atoms with Crippen molar-refractivity contribution in [1.82, 2.24) is 4.90 Å². The van der Waals surface area contributed by atoms with Gasteiger partial charge in [0.1, 0.15) is 0 Å². The molecule has 1 amide bonds. The van der Waals surface area contributed by atoms with Crippen LogP contribution in [0.15, 0.2) is 0 Å². The lowest BCUT2D eigenvalue weighted by Crippen LogP contribution is -2.39. The Bertz CT molecular complexity index is 184. The Morgan fingerprint density at radius 2 is 2.00 bits per heavy atom. The maximum absolute atomic E-state index is 11.4. The molecule has 0 aliphatic heterocycles. The van der Waals surface area contributed by atoms with E-state index in [4.69, 9.17) is 5.11 Å². The predicted molar refractivity (Wildman–Crippen MR) is 54.8 cm³/mol. The molecule has 0 saturated heterocycles. The molecule has 0 aliphatic rings. The molecule has 14 heavy (non-hydrogen) atoms. The first kappa shape index (κ1) is 13.4. The van der Waals surface area contributed by atoms with Crippen molar-refractivity contribution in [3.05, 3.63) is 0 Å². The highest BCUT2D eigenvalue weighted by Gasteiger charge is 2.19. The number of aliphatic hydroxyl groups is 2. The highest BCUT2D eigenvalue weighted by molar-refractivity contribution is 5.75. The molecule has 0 aliphatic carbocycles. The average molecular weight is 203 g/mol. The number of hydrogen-bond acceptors (Lipinski definition) is 3. The summed E-state index contributed by atoms with van der Waals surface area (Å²) in [6.07, 6.45) is 0.341. The zero-order valence-electron chi connectivity index (χ0n) is 9.45. The highest BCUT2D eigenvalue weighted by Crippen LogP contribution is 2.06. The van der Waals surface area contributed by atoms with Gasteiger partial charge in [0.25, 0.3) is 0 Å². The fraction of sp³-hybridized carbons (Fsp3) is 0.900.